The Kier molecular flexibility index (Phi) is 5.67. The van der Waals surface area contributed by atoms with Gasteiger partial charge in [0.25, 0.3) is 0 Å². The number of para-hydroxylation sites is 1. The van der Waals surface area contributed by atoms with Crippen molar-refractivity contribution in [2.75, 3.05) is 6.26 Å². The molecule has 36 heavy (non-hydrogen) atoms. The third kappa shape index (κ3) is 4.50. The van der Waals surface area contributed by atoms with Crippen LogP contribution in [0, 0.1) is 0 Å². The largest absolute Gasteiger partial charge is 0.457 e. The van der Waals surface area contributed by atoms with Gasteiger partial charge in [-0.3, -0.25) is 4.98 Å². The number of alkyl halides is 3. The zero-order valence-corrected chi connectivity index (χ0v) is 19.3. The van der Waals surface area contributed by atoms with Crippen molar-refractivity contribution in [1.82, 2.24) is 25.6 Å². The average Bonchev–Trinajstić information content (AvgIpc) is 3.37. The lowest BCUT2D eigenvalue weighted by Gasteiger charge is -2.15. The first-order valence-corrected chi connectivity index (χ1v) is 12.3. The summed E-state index contributed by atoms with van der Waals surface area (Å²) in [6.45, 7) is 0. The number of aromatic nitrogens is 5. The van der Waals surface area contributed by atoms with Crippen LogP contribution in [0.3, 0.4) is 0 Å². The number of fused-ring (bicyclic) bond motifs is 1. The van der Waals surface area contributed by atoms with Crippen LogP contribution >= 0.6 is 0 Å². The maximum Gasteiger partial charge on any atom is 0.418 e. The number of ether oxygens (including phenoxy) is 1. The molecule has 0 saturated heterocycles. The van der Waals surface area contributed by atoms with Gasteiger partial charge in [0, 0.05) is 29.0 Å². The Balaban J connectivity index is 1.68. The Morgan fingerprint density at radius 3 is 2.36 bits per heavy atom. The highest BCUT2D eigenvalue weighted by Crippen LogP contribution is 2.41. The number of hydrogen-bond donors (Lipinski definition) is 1. The van der Waals surface area contributed by atoms with E-state index < -0.39 is 21.6 Å². The van der Waals surface area contributed by atoms with E-state index in [4.69, 9.17) is 4.74 Å². The summed E-state index contributed by atoms with van der Waals surface area (Å²) in [5.74, 6) is 0.856. The summed E-state index contributed by atoms with van der Waals surface area (Å²) in [7, 11) is -3.44. The highest BCUT2D eigenvalue weighted by Gasteiger charge is 2.34. The molecule has 0 radical (unpaired) electrons. The van der Waals surface area contributed by atoms with Crippen molar-refractivity contribution in [2.24, 2.45) is 0 Å². The predicted octanol–water partition coefficient (Wildman–Crippen LogP) is 5.30. The van der Waals surface area contributed by atoms with Crippen LogP contribution in [-0.4, -0.2) is 40.3 Å². The Labute approximate surface area is 202 Å². The molecular formula is C24H16F3N5O3S. The number of tetrazole rings is 1. The molecule has 0 amide bonds. The standard InChI is InChI=1S/C24H16F3N5O3S/c1-36(33,34)17-8-3-7-16(12-17)35-15-6-2-5-14(11-15)21-18-9-4-10-20(24(25,26)27)22(18)28-13-19(21)23-29-31-32-30-23/h2-13H,1H3,(H,29,30,31,32). The summed E-state index contributed by atoms with van der Waals surface area (Å²) in [6, 6.07) is 16.5. The smallest absolute Gasteiger partial charge is 0.418 e. The maximum atomic E-state index is 13.7. The van der Waals surface area contributed by atoms with Crippen LogP contribution in [0.1, 0.15) is 5.56 Å². The summed E-state index contributed by atoms with van der Waals surface area (Å²) in [4.78, 5) is 4.18. The Morgan fingerprint density at radius 2 is 1.67 bits per heavy atom. The lowest BCUT2D eigenvalue weighted by molar-refractivity contribution is -0.136. The fourth-order valence-corrected chi connectivity index (χ4v) is 4.49. The van der Waals surface area contributed by atoms with E-state index in [1.54, 1.807) is 42.5 Å². The van der Waals surface area contributed by atoms with Gasteiger partial charge in [-0.05, 0) is 52.4 Å². The second-order valence-electron chi connectivity index (χ2n) is 7.87. The van der Waals surface area contributed by atoms with Crippen molar-refractivity contribution in [3.63, 3.8) is 0 Å². The first-order chi connectivity index (χ1) is 17.1. The minimum absolute atomic E-state index is 0.0936. The van der Waals surface area contributed by atoms with E-state index >= 15 is 0 Å². The third-order valence-electron chi connectivity index (χ3n) is 5.40. The molecule has 0 spiro atoms. The van der Waals surface area contributed by atoms with Gasteiger partial charge in [0.15, 0.2) is 15.7 Å². The van der Waals surface area contributed by atoms with Crippen molar-refractivity contribution >= 4 is 20.7 Å². The molecule has 0 aliphatic rings. The number of sulfone groups is 1. The van der Waals surface area contributed by atoms with Gasteiger partial charge in [0.1, 0.15) is 11.5 Å². The molecule has 0 unspecified atom stereocenters. The normalized spacial score (nSPS) is 12.1. The van der Waals surface area contributed by atoms with Crippen LogP contribution in [0.15, 0.2) is 77.8 Å². The zero-order valence-electron chi connectivity index (χ0n) is 18.5. The van der Waals surface area contributed by atoms with Crippen molar-refractivity contribution in [1.29, 1.82) is 0 Å². The number of aromatic amines is 1. The van der Waals surface area contributed by atoms with E-state index in [1.807, 2.05) is 0 Å². The molecule has 0 aliphatic heterocycles. The minimum Gasteiger partial charge on any atom is -0.457 e. The van der Waals surface area contributed by atoms with Crippen molar-refractivity contribution in [2.45, 2.75) is 11.1 Å². The molecular weight excluding hydrogens is 495 g/mol. The first-order valence-electron chi connectivity index (χ1n) is 10.4. The number of benzene rings is 3. The fraction of sp³-hybridized carbons (Fsp3) is 0.0833. The van der Waals surface area contributed by atoms with E-state index in [2.05, 4.69) is 25.6 Å². The zero-order chi connectivity index (χ0) is 25.5. The van der Waals surface area contributed by atoms with Crippen LogP contribution in [0.25, 0.3) is 33.4 Å². The molecule has 182 valence electrons. The highest BCUT2D eigenvalue weighted by atomic mass is 32.2. The molecule has 12 heteroatoms. The molecule has 5 aromatic rings. The van der Waals surface area contributed by atoms with Crippen LogP contribution in [0.4, 0.5) is 13.2 Å². The number of H-pyrrole nitrogens is 1. The monoisotopic (exact) mass is 511 g/mol. The van der Waals surface area contributed by atoms with Gasteiger partial charge >= 0.3 is 6.18 Å². The molecule has 8 nitrogen and oxygen atoms in total. The van der Waals surface area contributed by atoms with Crippen molar-refractivity contribution < 1.29 is 26.3 Å². The topological polar surface area (TPSA) is 111 Å². The van der Waals surface area contributed by atoms with E-state index in [9.17, 15) is 21.6 Å². The third-order valence-corrected chi connectivity index (χ3v) is 6.51. The molecule has 0 atom stereocenters. The molecule has 0 saturated carbocycles. The van der Waals surface area contributed by atoms with Crippen molar-refractivity contribution in [3.8, 4) is 34.0 Å². The molecule has 0 bridgehead atoms. The first kappa shape index (κ1) is 23.4. The molecule has 0 fully saturated rings. The molecule has 2 heterocycles. The second kappa shape index (κ2) is 8.72. The van der Waals surface area contributed by atoms with Gasteiger partial charge in [-0.2, -0.15) is 13.2 Å². The number of pyridine rings is 1. The van der Waals surface area contributed by atoms with Gasteiger partial charge in [-0.15, -0.1) is 5.10 Å². The minimum atomic E-state index is -4.60. The fourth-order valence-electron chi connectivity index (χ4n) is 3.84. The summed E-state index contributed by atoms with van der Waals surface area (Å²) in [5.41, 5.74) is 0.241. The van der Waals surface area contributed by atoms with Crippen LogP contribution < -0.4 is 4.74 Å². The molecule has 3 aromatic carbocycles. The maximum absolute atomic E-state index is 13.7. The predicted molar refractivity (Wildman–Crippen MR) is 125 cm³/mol. The van der Waals surface area contributed by atoms with Gasteiger partial charge in [-0.25, -0.2) is 13.5 Å². The Hall–Kier alpha value is -4.32. The van der Waals surface area contributed by atoms with E-state index in [0.29, 0.717) is 22.4 Å². The Bertz CT molecular complexity index is 1690. The lowest BCUT2D eigenvalue weighted by Crippen LogP contribution is -2.07. The molecule has 2 aromatic heterocycles. The molecule has 5 rings (SSSR count). The number of nitrogens with one attached hydrogen (secondary N) is 1. The molecule has 0 aliphatic carbocycles. The average molecular weight is 511 g/mol. The quantitative estimate of drug-likeness (QED) is 0.341. The number of halogens is 3. The number of hydrogen-bond acceptors (Lipinski definition) is 7. The molecule has 1 N–H and O–H groups in total. The van der Waals surface area contributed by atoms with Crippen molar-refractivity contribution in [3.05, 3.63) is 78.5 Å². The van der Waals surface area contributed by atoms with E-state index in [0.717, 1.165) is 12.3 Å². The highest BCUT2D eigenvalue weighted by molar-refractivity contribution is 7.90. The Morgan fingerprint density at radius 1 is 0.944 bits per heavy atom. The van der Waals surface area contributed by atoms with Crippen LogP contribution in [0.5, 0.6) is 11.5 Å². The number of nitrogens with zero attached hydrogens (tertiary/aromatic N) is 4. The van der Waals surface area contributed by atoms with Crippen LogP contribution in [0.2, 0.25) is 0 Å². The lowest BCUT2D eigenvalue weighted by atomic mass is 9.94. The van der Waals surface area contributed by atoms with Crippen LogP contribution in [-0.2, 0) is 16.0 Å². The SMILES string of the molecule is CS(=O)(=O)c1cccc(Oc2cccc(-c3c(-c4nnn[nH]4)cnc4c(C(F)(F)F)cccc34)c2)c1. The van der Waals surface area contributed by atoms with Gasteiger partial charge < -0.3 is 4.74 Å². The second-order valence-corrected chi connectivity index (χ2v) is 9.89. The van der Waals surface area contributed by atoms with E-state index in [-0.39, 0.29) is 27.4 Å². The summed E-state index contributed by atoms with van der Waals surface area (Å²) in [6.07, 6.45) is -2.22. The van der Waals surface area contributed by atoms with Gasteiger partial charge in [-0.1, -0.05) is 30.3 Å². The summed E-state index contributed by atoms with van der Waals surface area (Å²) < 4.78 is 70.8. The summed E-state index contributed by atoms with van der Waals surface area (Å²) in [5, 5.41) is 13.9. The van der Waals surface area contributed by atoms with E-state index in [1.165, 1.54) is 24.4 Å². The summed E-state index contributed by atoms with van der Waals surface area (Å²) >= 11 is 0. The van der Waals surface area contributed by atoms with Gasteiger partial charge in [0.05, 0.1) is 16.0 Å². The number of rotatable bonds is 5. The van der Waals surface area contributed by atoms with Gasteiger partial charge in [0.2, 0.25) is 0 Å².